The number of carbonyl (C=O) groups excluding carboxylic acids is 1. The highest BCUT2D eigenvalue weighted by molar-refractivity contribution is 6.31. The maximum Gasteiger partial charge on any atom is 0.246 e. The van der Waals surface area contributed by atoms with Crippen molar-refractivity contribution in [2.75, 3.05) is 19.7 Å². The predicted octanol–water partition coefficient (Wildman–Crippen LogP) is 1.04. The third-order valence-electron chi connectivity index (χ3n) is 3.47. The first kappa shape index (κ1) is 12.0. The van der Waals surface area contributed by atoms with Gasteiger partial charge in [-0.3, -0.25) is 9.69 Å². The van der Waals surface area contributed by atoms with Crippen molar-refractivity contribution in [3.8, 4) is 0 Å². The summed E-state index contributed by atoms with van der Waals surface area (Å²) in [6.07, 6.45) is 0.116. The summed E-state index contributed by atoms with van der Waals surface area (Å²) >= 11 is 6.15. The van der Waals surface area contributed by atoms with Crippen molar-refractivity contribution in [2.24, 2.45) is 0 Å². The van der Waals surface area contributed by atoms with E-state index in [1.54, 1.807) is 0 Å². The van der Waals surface area contributed by atoms with E-state index < -0.39 is 0 Å². The highest BCUT2D eigenvalue weighted by atomic mass is 35.5. The molecule has 1 aromatic rings. The molecular weight excluding hydrogens is 252 g/mol. The van der Waals surface area contributed by atoms with Crippen LogP contribution in [-0.2, 0) is 16.1 Å². The molecule has 0 saturated carbocycles. The molecule has 2 saturated heterocycles. The molecule has 0 unspecified atom stereocenters. The van der Waals surface area contributed by atoms with Gasteiger partial charge in [0.1, 0.15) is 6.61 Å². The van der Waals surface area contributed by atoms with E-state index in [4.69, 9.17) is 16.3 Å². The number of rotatable bonds is 2. The van der Waals surface area contributed by atoms with Gasteiger partial charge >= 0.3 is 0 Å². The second kappa shape index (κ2) is 4.88. The van der Waals surface area contributed by atoms with Crippen LogP contribution < -0.4 is 5.32 Å². The summed E-state index contributed by atoms with van der Waals surface area (Å²) in [5.74, 6) is -0.0177. The summed E-state index contributed by atoms with van der Waals surface area (Å²) in [7, 11) is 0. The van der Waals surface area contributed by atoms with Crippen molar-refractivity contribution in [1.29, 1.82) is 0 Å². The third kappa shape index (κ3) is 2.36. The van der Waals surface area contributed by atoms with E-state index in [1.807, 2.05) is 24.3 Å². The number of amides is 1. The molecule has 2 fully saturated rings. The van der Waals surface area contributed by atoms with Crippen molar-refractivity contribution in [3.63, 3.8) is 0 Å². The number of ether oxygens (including phenoxy) is 1. The molecule has 3 rings (SSSR count). The molecule has 0 spiro atoms. The number of nitrogens with zero attached hydrogens (tertiary/aromatic N) is 1. The molecule has 5 heteroatoms. The van der Waals surface area contributed by atoms with Crippen molar-refractivity contribution < 1.29 is 9.53 Å². The van der Waals surface area contributed by atoms with Gasteiger partial charge in [-0.15, -0.1) is 0 Å². The molecular formula is C13H15ClN2O2. The number of hydrogen-bond donors (Lipinski definition) is 1. The fraction of sp³-hybridized carbons (Fsp3) is 0.462. The fourth-order valence-corrected chi connectivity index (χ4v) is 2.78. The fourth-order valence-electron chi connectivity index (χ4n) is 2.59. The minimum Gasteiger partial charge on any atom is -0.365 e. The average molecular weight is 267 g/mol. The van der Waals surface area contributed by atoms with Gasteiger partial charge in [-0.1, -0.05) is 29.8 Å². The smallest absolute Gasteiger partial charge is 0.246 e. The van der Waals surface area contributed by atoms with Gasteiger partial charge in [-0.05, 0) is 11.6 Å². The van der Waals surface area contributed by atoms with Crippen LogP contribution in [-0.4, -0.2) is 42.6 Å². The molecule has 2 aliphatic rings. The summed E-state index contributed by atoms with van der Waals surface area (Å²) < 4.78 is 5.53. The van der Waals surface area contributed by atoms with Gasteiger partial charge in [0.25, 0.3) is 0 Å². The molecule has 1 aromatic carbocycles. The summed E-state index contributed by atoms with van der Waals surface area (Å²) in [6, 6.07) is 7.97. The van der Waals surface area contributed by atoms with E-state index in [1.165, 1.54) is 0 Å². The topological polar surface area (TPSA) is 41.6 Å². The first-order chi connectivity index (χ1) is 8.72. The monoisotopic (exact) mass is 266 g/mol. The zero-order chi connectivity index (χ0) is 12.5. The molecule has 2 atom stereocenters. The Morgan fingerprint density at radius 1 is 1.39 bits per heavy atom. The first-order valence-corrected chi connectivity index (χ1v) is 6.47. The standard InChI is InChI=1S/C13H15ClN2O2/c14-10-4-2-1-3-9(10)5-16-6-11-12(7-16)18-8-13(17)15-11/h1-4,11-12H,5-8H2,(H,15,17)/t11-,12+/m1/s1. The quantitative estimate of drug-likeness (QED) is 0.870. The molecule has 0 aliphatic carbocycles. The Balaban J connectivity index is 1.66. The van der Waals surface area contributed by atoms with Crippen LogP contribution in [0.3, 0.4) is 0 Å². The Morgan fingerprint density at radius 2 is 2.22 bits per heavy atom. The SMILES string of the molecule is O=C1CO[C@H]2CN(Cc3ccccc3Cl)C[C@H]2N1. The molecule has 18 heavy (non-hydrogen) atoms. The highest BCUT2D eigenvalue weighted by Gasteiger charge is 2.37. The first-order valence-electron chi connectivity index (χ1n) is 6.09. The van der Waals surface area contributed by atoms with Gasteiger partial charge in [0.05, 0.1) is 12.1 Å². The second-order valence-corrected chi connectivity index (χ2v) is 5.22. The number of likely N-dealkylation sites (tertiary alicyclic amines) is 1. The van der Waals surface area contributed by atoms with Crippen LogP contribution in [0.1, 0.15) is 5.56 Å². The molecule has 1 amide bonds. The lowest BCUT2D eigenvalue weighted by Gasteiger charge is -2.25. The molecule has 4 nitrogen and oxygen atoms in total. The van der Waals surface area contributed by atoms with Crippen LogP contribution in [0.15, 0.2) is 24.3 Å². The largest absolute Gasteiger partial charge is 0.365 e. The summed E-state index contributed by atoms with van der Waals surface area (Å²) in [4.78, 5) is 13.5. The number of nitrogens with one attached hydrogen (secondary N) is 1. The maximum atomic E-state index is 11.2. The van der Waals surface area contributed by atoms with E-state index in [-0.39, 0.29) is 24.7 Å². The van der Waals surface area contributed by atoms with Gasteiger partial charge in [-0.25, -0.2) is 0 Å². The number of carbonyl (C=O) groups is 1. The van der Waals surface area contributed by atoms with E-state index in [9.17, 15) is 4.79 Å². The minimum atomic E-state index is -0.0177. The Morgan fingerprint density at radius 3 is 3.06 bits per heavy atom. The zero-order valence-electron chi connectivity index (χ0n) is 9.93. The molecule has 1 N–H and O–H groups in total. The molecule has 0 bridgehead atoms. The van der Waals surface area contributed by atoms with E-state index >= 15 is 0 Å². The van der Waals surface area contributed by atoms with E-state index in [0.29, 0.717) is 0 Å². The molecule has 2 heterocycles. The van der Waals surface area contributed by atoms with Crippen LogP contribution >= 0.6 is 11.6 Å². The van der Waals surface area contributed by atoms with Gasteiger partial charge in [0.2, 0.25) is 5.91 Å². The maximum absolute atomic E-state index is 11.2. The lowest BCUT2D eigenvalue weighted by Crippen LogP contribution is -2.50. The predicted molar refractivity (Wildman–Crippen MR) is 68.4 cm³/mol. The molecule has 96 valence electrons. The lowest BCUT2D eigenvalue weighted by molar-refractivity contribution is -0.134. The number of morpholine rings is 1. The summed E-state index contributed by atoms with van der Waals surface area (Å²) in [6.45, 7) is 2.64. The summed E-state index contributed by atoms with van der Waals surface area (Å²) in [5.41, 5.74) is 1.11. The number of hydrogen-bond acceptors (Lipinski definition) is 3. The van der Waals surface area contributed by atoms with Gasteiger partial charge < -0.3 is 10.1 Å². The Bertz CT molecular complexity index is 466. The number of fused-ring (bicyclic) bond motifs is 1. The van der Waals surface area contributed by atoms with Crippen molar-refractivity contribution in [1.82, 2.24) is 10.2 Å². The van der Waals surface area contributed by atoms with Crippen LogP contribution in [0.4, 0.5) is 0 Å². The zero-order valence-corrected chi connectivity index (χ0v) is 10.7. The van der Waals surface area contributed by atoms with Gasteiger partial charge in [0.15, 0.2) is 0 Å². The van der Waals surface area contributed by atoms with Crippen molar-refractivity contribution in [2.45, 2.75) is 18.7 Å². The molecule has 0 radical (unpaired) electrons. The van der Waals surface area contributed by atoms with E-state index in [0.717, 1.165) is 30.2 Å². The van der Waals surface area contributed by atoms with Crippen LogP contribution in [0, 0.1) is 0 Å². The lowest BCUT2D eigenvalue weighted by atomic mass is 10.2. The van der Waals surface area contributed by atoms with E-state index in [2.05, 4.69) is 10.2 Å². The summed E-state index contributed by atoms with van der Waals surface area (Å²) in [5, 5.41) is 3.76. The van der Waals surface area contributed by atoms with Crippen LogP contribution in [0.2, 0.25) is 5.02 Å². The number of halogens is 1. The Labute approximate surface area is 111 Å². The third-order valence-corrected chi connectivity index (χ3v) is 3.84. The Hall–Kier alpha value is -1.10. The normalized spacial score (nSPS) is 27.9. The molecule has 2 aliphatic heterocycles. The highest BCUT2D eigenvalue weighted by Crippen LogP contribution is 2.22. The van der Waals surface area contributed by atoms with Crippen LogP contribution in [0.5, 0.6) is 0 Å². The average Bonchev–Trinajstić information content (AvgIpc) is 2.73. The molecule has 0 aromatic heterocycles. The second-order valence-electron chi connectivity index (χ2n) is 4.81. The van der Waals surface area contributed by atoms with Crippen LogP contribution in [0.25, 0.3) is 0 Å². The van der Waals surface area contributed by atoms with Crippen molar-refractivity contribution in [3.05, 3.63) is 34.9 Å². The van der Waals surface area contributed by atoms with Gasteiger partial charge in [0, 0.05) is 24.7 Å². The van der Waals surface area contributed by atoms with Gasteiger partial charge in [-0.2, -0.15) is 0 Å². The van der Waals surface area contributed by atoms with Crippen molar-refractivity contribution >= 4 is 17.5 Å². The Kier molecular flexibility index (Phi) is 3.24. The minimum absolute atomic E-state index is 0.0177. The number of benzene rings is 1.